The third-order valence-electron chi connectivity index (χ3n) is 5.31. The van der Waals surface area contributed by atoms with Crippen molar-refractivity contribution in [2.75, 3.05) is 46.1 Å². The molecule has 0 aromatic heterocycles. The minimum atomic E-state index is -4.86. The number of hydroxylamine groups is 2. The summed E-state index contributed by atoms with van der Waals surface area (Å²) >= 11 is 0. The smallest absolute Gasteiger partial charge is 0.380 e. The Morgan fingerprint density at radius 2 is 1.96 bits per heavy atom. The first-order chi connectivity index (χ1) is 12.3. The fourth-order valence-electron chi connectivity index (χ4n) is 3.93. The molecule has 0 radical (unpaired) electrons. The van der Waals surface area contributed by atoms with Gasteiger partial charge in [-0.15, -0.1) is 4.28 Å². The van der Waals surface area contributed by atoms with Crippen molar-refractivity contribution >= 4 is 22.3 Å². The summed E-state index contributed by atoms with van der Waals surface area (Å²) in [6.45, 7) is 2.78. The van der Waals surface area contributed by atoms with Crippen LogP contribution in [0, 0.1) is 5.41 Å². The van der Waals surface area contributed by atoms with E-state index >= 15 is 0 Å². The van der Waals surface area contributed by atoms with Crippen LogP contribution in [0.3, 0.4) is 0 Å². The maximum absolute atomic E-state index is 12.8. The van der Waals surface area contributed by atoms with Crippen LogP contribution in [0.4, 0.5) is 4.79 Å². The number of urea groups is 1. The van der Waals surface area contributed by atoms with E-state index in [-0.39, 0.29) is 25.7 Å². The second kappa shape index (κ2) is 6.28. The highest BCUT2D eigenvalue weighted by atomic mass is 32.3. The molecule has 26 heavy (non-hydrogen) atoms. The standard InChI is InChI=1S/C13H20N4O8S/c18-11(14-15-1-3-23-4-2-15)9-5-13(7-24-8-13)10-6-16(9)12(19)17(10)25-26(20,21)22/h9-10H,1-8H2,(H,14,18)(H,20,21,22). The quantitative estimate of drug-likeness (QED) is 0.519. The zero-order chi connectivity index (χ0) is 18.5. The topological polar surface area (TPSA) is 138 Å². The van der Waals surface area contributed by atoms with Crippen LogP contribution in [-0.2, 0) is 29.0 Å². The zero-order valence-electron chi connectivity index (χ0n) is 13.9. The van der Waals surface area contributed by atoms with E-state index in [0.717, 1.165) is 0 Å². The Balaban J connectivity index is 1.54. The van der Waals surface area contributed by atoms with Gasteiger partial charge in [0.2, 0.25) is 0 Å². The highest BCUT2D eigenvalue weighted by Crippen LogP contribution is 2.47. The molecule has 0 aromatic carbocycles. The number of piperidine rings is 1. The van der Waals surface area contributed by atoms with Crippen molar-refractivity contribution in [1.29, 1.82) is 0 Å². The monoisotopic (exact) mass is 392 g/mol. The first-order valence-electron chi connectivity index (χ1n) is 8.27. The first-order valence-corrected chi connectivity index (χ1v) is 9.63. The number of nitrogens with one attached hydrogen (secondary N) is 1. The second-order valence-corrected chi connectivity index (χ2v) is 7.93. The van der Waals surface area contributed by atoms with E-state index in [2.05, 4.69) is 9.71 Å². The SMILES string of the molecule is O=C(NN1CCOCC1)C1CC2(COC2)C2CN1C(=O)N2OS(=O)(=O)O. The number of carbonyl (C=O) groups is 2. The molecule has 0 aromatic rings. The summed E-state index contributed by atoms with van der Waals surface area (Å²) in [7, 11) is -4.86. The molecule has 1 spiro atoms. The molecular formula is C13H20N4O8S. The number of hydrogen-bond acceptors (Lipinski definition) is 8. The van der Waals surface area contributed by atoms with Crippen molar-refractivity contribution in [3.8, 4) is 0 Å². The molecule has 2 unspecified atom stereocenters. The van der Waals surface area contributed by atoms with E-state index in [0.29, 0.717) is 37.8 Å². The van der Waals surface area contributed by atoms with Gasteiger partial charge in [0.25, 0.3) is 5.91 Å². The van der Waals surface area contributed by atoms with Gasteiger partial charge in [0.15, 0.2) is 0 Å². The van der Waals surface area contributed by atoms with Crippen LogP contribution in [0.5, 0.6) is 0 Å². The molecule has 2 bridgehead atoms. The van der Waals surface area contributed by atoms with Gasteiger partial charge in [0.1, 0.15) is 6.04 Å². The lowest BCUT2D eigenvalue weighted by atomic mass is 9.71. The summed E-state index contributed by atoms with van der Waals surface area (Å²) in [4.78, 5) is 26.6. The van der Waals surface area contributed by atoms with Crippen molar-refractivity contribution in [1.82, 2.24) is 20.4 Å². The molecule has 4 heterocycles. The zero-order valence-corrected chi connectivity index (χ0v) is 14.7. The number of morpholine rings is 1. The van der Waals surface area contributed by atoms with Crippen LogP contribution in [0.25, 0.3) is 0 Å². The van der Waals surface area contributed by atoms with E-state index in [1.54, 1.807) is 5.01 Å². The van der Waals surface area contributed by atoms with Crippen LogP contribution < -0.4 is 5.43 Å². The van der Waals surface area contributed by atoms with Gasteiger partial charge in [-0.05, 0) is 6.42 Å². The Bertz CT molecular complexity index is 705. The second-order valence-electron chi connectivity index (χ2n) is 6.93. The Labute approximate surface area is 149 Å². The highest BCUT2D eigenvalue weighted by molar-refractivity contribution is 7.80. The summed E-state index contributed by atoms with van der Waals surface area (Å²) in [5.74, 6) is -0.348. The summed E-state index contributed by atoms with van der Waals surface area (Å²) in [5.41, 5.74) is 2.21. The molecule has 0 aliphatic carbocycles. The lowest BCUT2D eigenvalue weighted by Crippen LogP contribution is -2.64. The predicted molar refractivity (Wildman–Crippen MR) is 82.6 cm³/mol. The lowest BCUT2D eigenvalue weighted by molar-refractivity contribution is -0.193. The van der Waals surface area contributed by atoms with Gasteiger partial charge in [-0.1, -0.05) is 0 Å². The van der Waals surface area contributed by atoms with Crippen molar-refractivity contribution < 1.29 is 36.3 Å². The van der Waals surface area contributed by atoms with Crippen LogP contribution in [0.2, 0.25) is 0 Å². The summed E-state index contributed by atoms with van der Waals surface area (Å²) in [6, 6.07) is -2.16. The Morgan fingerprint density at radius 3 is 2.54 bits per heavy atom. The number of ether oxygens (including phenoxy) is 2. The molecule has 4 saturated heterocycles. The highest BCUT2D eigenvalue weighted by Gasteiger charge is 2.63. The normalized spacial score (nSPS) is 31.2. The van der Waals surface area contributed by atoms with Gasteiger partial charge < -0.3 is 14.4 Å². The third kappa shape index (κ3) is 3.04. The minimum absolute atomic E-state index is 0.124. The maximum atomic E-state index is 12.8. The van der Waals surface area contributed by atoms with E-state index in [9.17, 15) is 18.0 Å². The van der Waals surface area contributed by atoms with Crippen molar-refractivity contribution in [2.24, 2.45) is 5.41 Å². The third-order valence-corrected chi connectivity index (χ3v) is 5.65. The average Bonchev–Trinajstić information content (AvgIpc) is 2.80. The number of nitrogens with zero attached hydrogens (tertiary/aromatic N) is 3. The molecule has 4 rings (SSSR count). The van der Waals surface area contributed by atoms with Crippen molar-refractivity contribution in [3.05, 3.63) is 0 Å². The summed E-state index contributed by atoms with van der Waals surface area (Å²) in [6.07, 6.45) is 0.324. The van der Waals surface area contributed by atoms with Crippen LogP contribution in [-0.4, -0.2) is 98.0 Å². The Morgan fingerprint density at radius 1 is 1.27 bits per heavy atom. The number of carbonyl (C=O) groups excluding carboxylic acids is 2. The van der Waals surface area contributed by atoms with Crippen molar-refractivity contribution in [2.45, 2.75) is 18.5 Å². The van der Waals surface area contributed by atoms with Crippen molar-refractivity contribution in [3.63, 3.8) is 0 Å². The van der Waals surface area contributed by atoms with Gasteiger partial charge in [-0.2, -0.15) is 13.5 Å². The van der Waals surface area contributed by atoms with Crippen LogP contribution in [0.15, 0.2) is 0 Å². The molecule has 2 atom stereocenters. The van der Waals surface area contributed by atoms with E-state index in [4.69, 9.17) is 14.0 Å². The van der Waals surface area contributed by atoms with Gasteiger partial charge in [0, 0.05) is 25.0 Å². The molecule has 4 aliphatic rings. The molecular weight excluding hydrogens is 372 g/mol. The fourth-order valence-corrected chi connectivity index (χ4v) is 4.30. The average molecular weight is 392 g/mol. The first kappa shape index (κ1) is 17.9. The van der Waals surface area contributed by atoms with Crippen LogP contribution >= 0.6 is 0 Å². The minimum Gasteiger partial charge on any atom is -0.380 e. The van der Waals surface area contributed by atoms with E-state index in [1.165, 1.54) is 4.90 Å². The maximum Gasteiger partial charge on any atom is 0.418 e. The number of amides is 3. The largest absolute Gasteiger partial charge is 0.418 e. The number of rotatable bonds is 4. The lowest BCUT2D eigenvalue weighted by Gasteiger charge is -2.50. The molecule has 4 aliphatic heterocycles. The molecule has 13 heteroatoms. The summed E-state index contributed by atoms with van der Waals surface area (Å²) < 4.78 is 46.2. The van der Waals surface area contributed by atoms with Gasteiger partial charge >= 0.3 is 16.4 Å². The Hall–Kier alpha value is -1.51. The van der Waals surface area contributed by atoms with Gasteiger partial charge in [0.05, 0.1) is 32.5 Å². The summed E-state index contributed by atoms with van der Waals surface area (Å²) in [5, 5.41) is 2.38. The molecule has 12 nitrogen and oxygen atoms in total. The fraction of sp³-hybridized carbons (Fsp3) is 0.846. The molecule has 0 saturated carbocycles. The molecule has 4 fully saturated rings. The van der Waals surface area contributed by atoms with Gasteiger partial charge in [-0.3, -0.25) is 14.8 Å². The Kier molecular flexibility index (Phi) is 4.32. The van der Waals surface area contributed by atoms with E-state index in [1.807, 2.05) is 0 Å². The number of hydrogen-bond donors (Lipinski definition) is 2. The molecule has 2 N–H and O–H groups in total. The number of fused-ring (bicyclic) bond motifs is 3. The van der Waals surface area contributed by atoms with E-state index < -0.39 is 33.9 Å². The van der Waals surface area contributed by atoms with Gasteiger partial charge in [-0.25, -0.2) is 9.80 Å². The molecule has 146 valence electrons. The molecule has 3 amide bonds. The predicted octanol–water partition coefficient (Wildman–Crippen LogP) is -2.02. The number of hydrazine groups is 1. The van der Waals surface area contributed by atoms with Crippen LogP contribution in [0.1, 0.15) is 6.42 Å².